The molecule has 39 heavy (non-hydrogen) atoms. The van der Waals surface area contributed by atoms with E-state index in [1.807, 2.05) is 6.92 Å². The lowest BCUT2D eigenvalue weighted by atomic mass is 9.99. The number of halogens is 4. The molecule has 2 aliphatic heterocycles. The molecule has 3 rings (SSSR count). The summed E-state index contributed by atoms with van der Waals surface area (Å²) < 4.78 is 86.6. The molecular weight excluding hydrogens is 540 g/mol. The van der Waals surface area contributed by atoms with E-state index in [0.717, 1.165) is 37.7 Å². The molecule has 0 bridgehead atoms. The van der Waals surface area contributed by atoms with Gasteiger partial charge in [0.25, 0.3) is 0 Å². The molecule has 1 saturated heterocycles. The van der Waals surface area contributed by atoms with Crippen LogP contribution >= 0.6 is 0 Å². The molecule has 0 spiro atoms. The van der Waals surface area contributed by atoms with Crippen LogP contribution in [-0.2, 0) is 19.6 Å². The van der Waals surface area contributed by atoms with Crippen molar-refractivity contribution in [2.75, 3.05) is 30.7 Å². The molecular formula is C26H36F4N4O4S. The third-order valence-corrected chi connectivity index (χ3v) is 7.25. The molecule has 1 aromatic carbocycles. The Balaban J connectivity index is 1.67. The maximum absolute atomic E-state index is 14.4. The summed E-state index contributed by atoms with van der Waals surface area (Å²) in [5.74, 6) is -2.08. The number of carbonyl (C=O) groups excluding carboxylic acids is 1. The Hall–Kier alpha value is -2.64. The number of rotatable bonds is 11. The van der Waals surface area contributed by atoms with Gasteiger partial charge in [0.2, 0.25) is 15.9 Å². The molecule has 8 nitrogen and oxygen atoms in total. The quantitative estimate of drug-likeness (QED) is 0.272. The molecule has 2 heterocycles. The second kappa shape index (κ2) is 13.1. The van der Waals surface area contributed by atoms with E-state index >= 15 is 0 Å². The lowest BCUT2D eigenvalue weighted by Gasteiger charge is -2.43. The van der Waals surface area contributed by atoms with E-state index in [1.54, 1.807) is 6.92 Å². The molecule has 218 valence electrons. The highest BCUT2D eigenvalue weighted by molar-refractivity contribution is 7.92. The zero-order valence-corrected chi connectivity index (χ0v) is 23.0. The first-order valence-electron chi connectivity index (χ1n) is 12.9. The lowest BCUT2D eigenvalue weighted by molar-refractivity contribution is -0.173. The summed E-state index contributed by atoms with van der Waals surface area (Å²) >= 11 is 0. The third kappa shape index (κ3) is 8.94. The molecule has 1 amide bonds. The highest BCUT2D eigenvalue weighted by Gasteiger charge is 2.45. The van der Waals surface area contributed by atoms with Crippen molar-refractivity contribution in [1.82, 2.24) is 15.5 Å². The fourth-order valence-corrected chi connectivity index (χ4v) is 5.07. The van der Waals surface area contributed by atoms with Crippen molar-refractivity contribution < 1.29 is 35.5 Å². The van der Waals surface area contributed by atoms with Crippen LogP contribution in [-0.4, -0.2) is 69.7 Å². The van der Waals surface area contributed by atoms with E-state index in [0.29, 0.717) is 30.7 Å². The van der Waals surface area contributed by atoms with Crippen LogP contribution < -0.4 is 15.4 Å². The number of benzene rings is 1. The minimum atomic E-state index is -4.49. The average molecular weight is 577 g/mol. The monoisotopic (exact) mass is 576 g/mol. The number of hydrogen-bond acceptors (Lipinski definition) is 6. The minimum Gasteiger partial charge on any atom is -0.378 e. The Bertz CT molecular complexity index is 1170. The molecule has 1 fully saturated rings. The highest BCUT2D eigenvalue weighted by atomic mass is 32.2. The van der Waals surface area contributed by atoms with E-state index in [1.165, 1.54) is 29.3 Å². The Labute approximate surface area is 226 Å². The summed E-state index contributed by atoms with van der Waals surface area (Å²) in [6.07, 6.45) is 2.50. The van der Waals surface area contributed by atoms with E-state index in [4.69, 9.17) is 4.74 Å². The van der Waals surface area contributed by atoms with Crippen molar-refractivity contribution in [1.29, 1.82) is 0 Å². The van der Waals surface area contributed by atoms with Gasteiger partial charge in [-0.05, 0) is 49.6 Å². The second-order valence-electron chi connectivity index (χ2n) is 9.89. The summed E-state index contributed by atoms with van der Waals surface area (Å²) in [6.45, 7) is 4.67. The first kappa shape index (κ1) is 30.9. The Morgan fingerprint density at radius 1 is 1.31 bits per heavy atom. The number of sulfonamides is 1. The van der Waals surface area contributed by atoms with Gasteiger partial charge in [-0.25, -0.2) is 12.8 Å². The van der Waals surface area contributed by atoms with Gasteiger partial charge in [0.1, 0.15) is 11.9 Å². The molecule has 4 unspecified atom stereocenters. The first-order valence-corrected chi connectivity index (χ1v) is 14.8. The van der Waals surface area contributed by atoms with Crippen molar-refractivity contribution in [3.05, 3.63) is 53.5 Å². The van der Waals surface area contributed by atoms with Crippen LogP contribution in [0.2, 0.25) is 0 Å². The van der Waals surface area contributed by atoms with Crippen molar-refractivity contribution in [2.24, 2.45) is 0 Å². The number of nitrogens with zero attached hydrogens (tertiary/aromatic N) is 1. The maximum atomic E-state index is 14.4. The molecule has 0 aromatic heterocycles. The average Bonchev–Trinajstić information content (AvgIpc) is 2.87. The van der Waals surface area contributed by atoms with Crippen LogP contribution in [0.4, 0.5) is 23.2 Å². The molecule has 0 radical (unpaired) electrons. The largest absolute Gasteiger partial charge is 0.412 e. The molecule has 4 atom stereocenters. The first-order chi connectivity index (χ1) is 18.3. The van der Waals surface area contributed by atoms with Crippen molar-refractivity contribution >= 4 is 21.6 Å². The molecule has 13 heteroatoms. The second-order valence-corrected chi connectivity index (χ2v) is 11.6. The van der Waals surface area contributed by atoms with Gasteiger partial charge in [-0.3, -0.25) is 14.8 Å². The van der Waals surface area contributed by atoms with Crippen LogP contribution in [0.3, 0.4) is 0 Å². The molecule has 2 aliphatic rings. The van der Waals surface area contributed by atoms with Crippen LogP contribution in [0.5, 0.6) is 0 Å². The van der Waals surface area contributed by atoms with Gasteiger partial charge in [-0.2, -0.15) is 13.2 Å². The standard InChI is InChI=1S/C26H36F4N4O4S/c1-4-5-12-38-20-10-11-31-24(14-20)34-16-18(6-9-23(34)26(28,29)30)15-32-25(35)17(2)19-7-8-22(21(27)13-19)33-39(3,36)37/h6-9,13,16-17,20,23-24,31,33H,4-5,10-12,14-15H2,1-3H3,(H,32,35). The SMILES string of the molecule is CCCCOC1CCNC(N2C=C(CNC(=O)C(C)c3ccc(NS(C)(=O)=O)c(F)c3)C=CC2C(F)(F)F)C1. The molecule has 0 saturated carbocycles. The zero-order valence-electron chi connectivity index (χ0n) is 22.2. The van der Waals surface area contributed by atoms with Gasteiger partial charge in [0.05, 0.1) is 30.1 Å². The third-order valence-electron chi connectivity index (χ3n) is 6.66. The smallest absolute Gasteiger partial charge is 0.378 e. The number of carbonyl (C=O) groups is 1. The predicted molar refractivity (Wildman–Crippen MR) is 141 cm³/mol. The number of alkyl halides is 3. The summed E-state index contributed by atoms with van der Waals surface area (Å²) in [7, 11) is -3.67. The van der Waals surface area contributed by atoms with Gasteiger partial charge in [-0.1, -0.05) is 31.6 Å². The number of unbranched alkanes of at least 4 members (excludes halogenated alkanes) is 1. The van der Waals surface area contributed by atoms with Crippen LogP contribution in [0.1, 0.15) is 51.0 Å². The Morgan fingerprint density at radius 2 is 2.05 bits per heavy atom. The van der Waals surface area contributed by atoms with Crippen LogP contribution in [0.15, 0.2) is 42.1 Å². The van der Waals surface area contributed by atoms with Crippen molar-refractivity contribution in [2.45, 2.75) is 69.9 Å². The van der Waals surface area contributed by atoms with Gasteiger partial charge in [0.15, 0.2) is 0 Å². The van der Waals surface area contributed by atoms with Crippen molar-refractivity contribution in [3.8, 4) is 0 Å². The molecule has 1 aromatic rings. The van der Waals surface area contributed by atoms with Crippen molar-refractivity contribution in [3.63, 3.8) is 0 Å². The van der Waals surface area contributed by atoms with E-state index in [2.05, 4.69) is 15.4 Å². The topological polar surface area (TPSA) is 99.8 Å². The van der Waals surface area contributed by atoms with Gasteiger partial charge in [0, 0.05) is 25.8 Å². The summed E-state index contributed by atoms with van der Waals surface area (Å²) in [5, 5.41) is 5.86. The predicted octanol–water partition coefficient (Wildman–Crippen LogP) is 4.00. The molecule has 0 aliphatic carbocycles. The Kier molecular flexibility index (Phi) is 10.4. The zero-order chi connectivity index (χ0) is 28.8. The maximum Gasteiger partial charge on any atom is 0.412 e. The van der Waals surface area contributed by atoms with Crippen LogP contribution in [0.25, 0.3) is 0 Å². The summed E-state index contributed by atoms with van der Waals surface area (Å²) in [6, 6.07) is 1.92. The number of nitrogens with one attached hydrogen (secondary N) is 3. The minimum absolute atomic E-state index is 0.0277. The summed E-state index contributed by atoms with van der Waals surface area (Å²) in [5.41, 5.74) is 0.558. The molecule has 3 N–H and O–H groups in total. The summed E-state index contributed by atoms with van der Waals surface area (Å²) in [4.78, 5) is 14.0. The number of piperidine rings is 1. The number of hydrogen-bond donors (Lipinski definition) is 3. The van der Waals surface area contributed by atoms with Gasteiger partial charge >= 0.3 is 6.18 Å². The number of anilines is 1. The van der Waals surface area contributed by atoms with E-state index in [-0.39, 0.29) is 18.3 Å². The fraction of sp³-hybridized carbons (Fsp3) is 0.577. The Morgan fingerprint density at radius 3 is 2.69 bits per heavy atom. The van der Waals surface area contributed by atoms with E-state index < -0.39 is 46.0 Å². The van der Waals surface area contributed by atoms with Gasteiger partial charge in [-0.15, -0.1) is 0 Å². The van der Waals surface area contributed by atoms with Gasteiger partial charge < -0.3 is 15.0 Å². The van der Waals surface area contributed by atoms with Crippen LogP contribution in [0, 0.1) is 5.82 Å². The lowest BCUT2D eigenvalue weighted by Crippen LogP contribution is -2.57. The fourth-order valence-electron chi connectivity index (χ4n) is 4.51. The number of amides is 1. The van der Waals surface area contributed by atoms with E-state index in [9.17, 15) is 30.8 Å². The highest BCUT2D eigenvalue weighted by Crippen LogP contribution is 2.32. The normalized spacial score (nSPS) is 22.8. The number of ether oxygens (including phenoxy) is 1.